The monoisotopic (exact) mass is 272 g/mol. The number of nitrogens with zero attached hydrogens (tertiary/aromatic N) is 1. The van der Waals surface area contributed by atoms with Gasteiger partial charge in [0.2, 0.25) is 5.91 Å². The number of nitrogens with one attached hydrogen (secondary N) is 1. The third-order valence-corrected chi connectivity index (χ3v) is 3.42. The van der Waals surface area contributed by atoms with Crippen LogP contribution in [0.3, 0.4) is 0 Å². The summed E-state index contributed by atoms with van der Waals surface area (Å²) in [6.45, 7) is 2.25. The van der Waals surface area contributed by atoms with Gasteiger partial charge in [0.05, 0.1) is 11.1 Å². The first-order chi connectivity index (χ1) is 9.13. The number of allylic oxidation sites excluding steroid dienone is 3. The Morgan fingerprint density at radius 3 is 2.68 bits per heavy atom. The van der Waals surface area contributed by atoms with Gasteiger partial charge in [-0.3, -0.25) is 4.79 Å². The molecule has 4 heteroatoms. The van der Waals surface area contributed by atoms with Crippen LogP contribution in [0, 0.1) is 17.2 Å². The first-order valence-electron chi connectivity index (χ1n) is 5.97. The average Bonchev–Trinajstić information content (AvgIpc) is 2.72. The van der Waals surface area contributed by atoms with Crippen molar-refractivity contribution in [1.29, 1.82) is 5.26 Å². The average molecular weight is 273 g/mol. The second-order valence-electron chi connectivity index (χ2n) is 4.36. The minimum absolute atomic E-state index is 0.220. The van der Waals surface area contributed by atoms with Crippen molar-refractivity contribution in [2.24, 2.45) is 5.92 Å². The fourth-order valence-electron chi connectivity index (χ4n) is 2.01. The van der Waals surface area contributed by atoms with Gasteiger partial charge >= 0.3 is 0 Å². The molecule has 0 fully saturated rings. The lowest BCUT2D eigenvalue weighted by Crippen LogP contribution is -2.27. The van der Waals surface area contributed by atoms with Gasteiger partial charge in [-0.25, -0.2) is 0 Å². The van der Waals surface area contributed by atoms with E-state index in [1.807, 2.05) is 37.3 Å². The van der Waals surface area contributed by atoms with E-state index in [0.29, 0.717) is 22.7 Å². The maximum Gasteiger partial charge on any atom is 0.249 e. The molecule has 2 rings (SSSR count). The van der Waals surface area contributed by atoms with E-state index in [2.05, 4.69) is 11.4 Å². The minimum Gasteiger partial charge on any atom is -0.348 e. The highest BCUT2D eigenvalue weighted by molar-refractivity contribution is 6.34. The Hall–Kier alpha value is -2.05. The summed E-state index contributed by atoms with van der Waals surface area (Å²) in [6, 6.07) is 11.7. The predicted octanol–water partition coefficient (Wildman–Crippen LogP) is 2.90. The first-order valence-corrected chi connectivity index (χ1v) is 6.34. The Bertz CT molecular complexity index is 596. The number of halogens is 1. The van der Waals surface area contributed by atoms with Gasteiger partial charge in [-0.15, -0.1) is 0 Å². The van der Waals surface area contributed by atoms with Gasteiger partial charge in [-0.05, 0) is 11.6 Å². The van der Waals surface area contributed by atoms with Crippen LogP contribution in [0.2, 0.25) is 0 Å². The zero-order valence-electron chi connectivity index (χ0n) is 10.5. The summed E-state index contributed by atoms with van der Waals surface area (Å²) in [5.74, 6) is -0.462. The summed E-state index contributed by atoms with van der Waals surface area (Å²) in [7, 11) is 0. The van der Waals surface area contributed by atoms with E-state index in [1.165, 1.54) is 0 Å². The van der Waals surface area contributed by atoms with E-state index >= 15 is 0 Å². The molecule has 0 bridgehead atoms. The number of benzene rings is 1. The number of hydrogen-bond acceptors (Lipinski definition) is 2. The number of rotatable bonds is 3. The molecular formula is C15H13ClN2O. The Morgan fingerprint density at radius 1 is 1.42 bits per heavy atom. The van der Waals surface area contributed by atoms with Gasteiger partial charge in [0, 0.05) is 23.6 Å². The smallest absolute Gasteiger partial charge is 0.249 e. The predicted molar refractivity (Wildman–Crippen MR) is 74.0 cm³/mol. The number of hydrogen-bond donors (Lipinski definition) is 1. The lowest BCUT2D eigenvalue weighted by atomic mass is 9.98. The summed E-state index contributed by atoms with van der Waals surface area (Å²) in [5.41, 5.74) is 2.01. The van der Waals surface area contributed by atoms with Crippen molar-refractivity contribution in [3.63, 3.8) is 0 Å². The molecule has 1 aromatic rings. The van der Waals surface area contributed by atoms with E-state index in [1.54, 1.807) is 6.08 Å². The molecule has 0 aromatic heterocycles. The van der Waals surface area contributed by atoms with Crippen LogP contribution in [-0.4, -0.2) is 5.91 Å². The van der Waals surface area contributed by atoms with E-state index in [-0.39, 0.29) is 11.8 Å². The van der Waals surface area contributed by atoms with Crippen LogP contribution < -0.4 is 5.32 Å². The third-order valence-electron chi connectivity index (χ3n) is 3.11. The fourth-order valence-corrected chi connectivity index (χ4v) is 2.38. The van der Waals surface area contributed by atoms with E-state index in [4.69, 9.17) is 16.9 Å². The highest BCUT2D eigenvalue weighted by atomic mass is 35.5. The van der Waals surface area contributed by atoms with Crippen LogP contribution in [0.4, 0.5) is 0 Å². The molecule has 0 spiro atoms. The number of carbonyl (C=O) groups is 1. The standard InChI is InChI=1S/C15H13ClN2O/c1-10-12(8-17)7-13(16)14(10)15(19)18-9-11-5-3-2-4-6-11/h2-7,10H,9H2,1H3,(H,18,19). The van der Waals surface area contributed by atoms with Gasteiger partial charge in [0.1, 0.15) is 0 Å². The molecule has 1 atom stereocenters. The molecule has 0 heterocycles. The van der Waals surface area contributed by atoms with Crippen molar-refractivity contribution in [2.45, 2.75) is 13.5 Å². The van der Waals surface area contributed by atoms with Crippen LogP contribution in [0.15, 0.2) is 52.6 Å². The lowest BCUT2D eigenvalue weighted by Gasteiger charge is -2.11. The fraction of sp³-hybridized carbons (Fsp3) is 0.200. The normalized spacial score (nSPS) is 17.9. The summed E-state index contributed by atoms with van der Waals surface area (Å²) < 4.78 is 0. The van der Waals surface area contributed by atoms with Crippen molar-refractivity contribution in [3.05, 3.63) is 58.1 Å². The maximum atomic E-state index is 12.1. The van der Waals surface area contributed by atoms with Crippen molar-refractivity contribution in [3.8, 4) is 6.07 Å². The van der Waals surface area contributed by atoms with Crippen molar-refractivity contribution in [2.75, 3.05) is 0 Å². The molecule has 1 amide bonds. The van der Waals surface area contributed by atoms with Gasteiger partial charge in [0.25, 0.3) is 0 Å². The Balaban J connectivity index is 2.03. The van der Waals surface area contributed by atoms with Crippen molar-refractivity contribution < 1.29 is 4.79 Å². The summed E-state index contributed by atoms with van der Waals surface area (Å²) in [4.78, 5) is 12.1. The lowest BCUT2D eigenvalue weighted by molar-refractivity contribution is -0.118. The van der Waals surface area contributed by atoms with E-state index < -0.39 is 0 Å². The summed E-state index contributed by atoms with van der Waals surface area (Å²) in [6.07, 6.45) is 1.56. The van der Waals surface area contributed by atoms with Crippen LogP contribution in [0.25, 0.3) is 0 Å². The van der Waals surface area contributed by atoms with Gasteiger partial charge < -0.3 is 5.32 Å². The molecule has 3 nitrogen and oxygen atoms in total. The van der Waals surface area contributed by atoms with Gasteiger partial charge in [-0.2, -0.15) is 5.26 Å². The number of amides is 1. The molecule has 1 aliphatic carbocycles. The van der Waals surface area contributed by atoms with Crippen molar-refractivity contribution >= 4 is 17.5 Å². The third kappa shape index (κ3) is 2.86. The zero-order chi connectivity index (χ0) is 13.8. The Morgan fingerprint density at radius 2 is 2.11 bits per heavy atom. The highest BCUT2D eigenvalue weighted by Crippen LogP contribution is 2.33. The second kappa shape index (κ2) is 5.73. The Kier molecular flexibility index (Phi) is 4.03. The van der Waals surface area contributed by atoms with Crippen molar-refractivity contribution in [1.82, 2.24) is 5.32 Å². The quantitative estimate of drug-likeness (QED) is 0.920. The van der Waals surface area contributed by atoms with Crippen LogP contribution in [0.5, 0.6) is 0 Å². The number of carbonyl (C=O) groups excluding carboxylic acids is 1. The molecule has 96 valence electrons. The SMILES string of the molecule is CC1C(C#N)=CC(Cl)=C1C(=O)NCc1ccccc1. The highest BCUT2D eigenvalue weighted by Gasteiger charge is 2.28. The van der Waals surface area contributed by atoms with E-state index in [9.17, 15) is 4.79 Å². The largest absolute Gasteiger partial charge is 0.348 e. The molecule has 1 aliphatic rings. The second-order valence-corrected chi connectivity index (χ2v) is 4.77. The van der Waals surface area contributed by atoms with E-state index in [0.717, 1.165) is 5.56 Å². The summed E-state index contributed by atoms with van der Waals surface area (Å²) in [5, 5.41) is 12.1. The Labute approximate surface area is 117 Å². The van der Waals surface area contributed by atoms with Crippen LogP contribution in [-0.2, 0) is 11.3 Å². The number of nitriles is 1. The topological polar surface area (TPSA) is 52.9 Å². The molecule has 0 saturated carbocycles. The molecule has 1 aromatic carbocycles. The molecule has 1 unspecified atom stereocenters. The molecular weight excluding hydrogens is 260 g/mol. The zero-order valence-corrected chi connectivity index (χ0v) is 11.2. The summed E-state index contributed by atoms with van der Waals surface area (Å²) >= 11 is 6.01. The molecule has 0 aliphatic heterocycles. The molecule has 19 heavy (non-hydrogen) atoms. The first kappa shape index (κ1) is 13.4. The van der Waals surface area contributed by atoms with Gasteiger partial charge in [-0.1, -0.05) is 48.9 Å². The molecule has 0 saturated heterocycles. The maximum absolute atomic E-state index is 12.1. The van der Waals surface area contributed by atoms with Gasteiger partial charge in [0.15, 0.2) is 0 Å². The molecule has 1 N–H and O–H groups in total. The van der Waals surface area contributed by atoms with Crippen LogP contribution in [0.1, 0.15) is 12.5 Å². The minimum atomic E-state index is -0.242. The molecule has 0 radical (unpaired) electrons. The van der Waals surface area contributed by atoms with Crippen LogP contribution >= 0.6 is 11.6 Å².